The first-order chi connectivity index (χ1) is 9.84. The number of fused-ring (bicyclic) bond motifs is 3. The van der Waals surface area contributed by atoms with Gasteiger partial charge in [-0.2, -0.15) is 0 Å². The summed E-state index contributed by atoms with van der Waals surface area (Å²) in [6, 6.07) is 25.5. The summed E-state index contributed by atoms with van der Waals surface area (Å²) in [6.45, 7) is 0. The van der Waals surface area contributed by atoms with Crippen molar-refractivity contribution in [1.29, 1.82) is 0 Å². The van der Waals surface area contributed by atoms with Crippen LogP contribution >= 0.6 is 0 Å². The van der Waals surface area contributed by atoms with Gasteiger partial charge >= 0.3 is 130 Å². The summed E-state index contributed by atoms with van der Waals surface area (Å²) in [7, 11) is 0. The van der Waals surface area contributed by atoms with Gasteiger partial charge in [0.25, 0.3) is 0 Å². The van der Waals surface area contributed by atoms with Crippen LogP contribution < -0.4 is 3.78 Å². The molecule has 2 heteroatoms. The van der Waals surface area contributed by atoms with Gasteiger partial charge in [-0.15, -0.1) is 0 Å². The fraction of sp³-hybridized carbons (Fsp3) is 0. The maximum atomic E-state index is 3.60. The molecule has 0 N–H and O–H groups in total. The van der Waals surface area contributed by atoms with E-state index in [9.17, 15) is 0 Å². The zero-order valence-electron chi connectivity index (χ0n) is 10.7. The molecule has 0 fully saturated rings. The summed E-state index contributed by atoms with van der Waals surface area (Å²) in [5.74, 6) is 0. The Labute approximate surface area is 129 Å². The first-order valence-electron chi connectivity index (χ1n) is 6.55. The molecule has 1 nitrogen and oxygen atoms in total. The molecule has 0 aliphatic heterocycles. The standard InChI is InChI=1S/C18H12N.Ag/c1-2-8-14(9-3-1)19-17-12-6-4-10-15(17)16-11-5-7-13-18(16)19;/h1-6,8-13H;. The average molecular weight is 350 g/mol. The Bertz CT molecular complexity index is 907. The molecule has 4 aromatic rings. The maximum absolute atomic E-state index is 3.60. The SMILES string of the molecule is [Ag][c]1ccc2c3ccccc3n(-c3ccccc3)c2c1. The Morgan fingerprint density at radius 2 is 1.35 bits per heavy atom. The predicted octanol–water partition coefficient (Wildman–Crippen LogP) is 3.96. The number of aromatic nitrogens is 1. The van der Waals surface area contributed by atoms with Crippen LogP contribution in [0.1, 0.15) is 0 Å². The molecule has 0 amide bonds. The van der Waals surface area contributed by atoms with E-state index in [4.69, 9.17) is 0 Å². The molecule has 1 heterocycles. The molecule has 3 aromatic carbocycles. The van der Waals surface area contributed by atoms with Gasteiger partial charge in [-0.25, -0.2) is 0 Å². The monoisotopic (exact) mass is 349 g/mol. The molecule has 0 saturated heterocycles. The van der Waals surface area contributed by atoms with Crippen molar-refractivity contribution in [3.05, 3.63) is 72.8 Å². The fourth-order valence-electron chi connectivity index (χ4n) is 2.78. The molecule has 0 spiro atoms. The summed E-state index contributed by atoms with van der Waals surface area (Å²) in [5.41, 5.74) is 3.66. The van der Waals surface area contributed by atoms with Crippen LogP contribution in [0.25, 0.3) is 27.5 Å². The van der Waals surface area contributed by atoms with E-state index in [-0.39, 0.29) is 0 Å². The van der Waals surface area contributed by atoms with Gasteiger partial charge in [0, 0.05) is 0 Å². The number of para-hydroxylation sites is 2. The number of hydrogen-bond donors (Lipinski definition) is 0. The van der Waals surface area contributed by atoms with Gasteiger partial charge in [0.05, 0.1) is 0 Å². The third-order valence-electron chi connectivity index (χ3n) is 3.63. The molecule has 0 atom stereocenters. The Balaban J connectivity index is 2.23. The minimum absolute atomic E-state index is 1.10. The van der Waals surface area contributed by atoms with Crippen molar-refractivity contribution < 1.29 is 21.1 Å². The molecule has 1 aromatic heterocycles. The summed E-state index contributed by atoms with van der Waals surface area (Å²) in [4.78, 5) is 0. The topological polar surface area (TPSA) is 4.93 Å². The molecule has 0 bridgehead atoms. The van der Waals surface area contributed by atoms with E-state index in [1.807, 2.05) is 6.07 Å². The van der Waals surface area contributed by atoms with Gasteiger partial charge in [0.2, 0.25) is 0 Å². The number of hydrogen-bond acceptors (Lipinski definition) is 0. The van der Waals surface area contributed by atoms with E-state index in [0.29, 0.717) is 0 Å². The molecule has 0 aliphatic carbocycles. The van der Waals surface area contributed by atoms with Crippen LogP contribution in [0.4, 0.5) is 0 Å². The van der Waals surface area contributed by atoms with Crippen molar-refractivity contribution in [3.63, 3.8) is 0 Å². The van der Waals surface area contributed by atoms with Crippen LogP contribution in [0.5, 0.6) is 0 Å². The second kappa shape index (κ2) is 4.64. The normalized spacial score (nSPS) is 11.3. The third-order valence-corrected chi connectivity index (χ3v) is 4.09. The molecule has 20 heavy (non-hydrogen) atoms. The van der Waals surface area contributed by atoms with E-state index in [0.717, 1.165) is 3.78 Å². The molecule has 4 rings (SSSR count). The van der Waals surface area contributed by atoms with Gasteiger partial charge in [0.1, 0.15) is 0 Å². The predicted molar refractivity (Wildman–Crippen MR) is 80.4 cm³/mol. The first kappa shape index (κ1) is 12.0. The molecular weight excluding hydrogens is 338 g/mol. The Hall–Kier alpha value is -1.80. The minimum atomic E-state index is 1.10. The zero-order valence-corrected chi connectivity index (χ0v) is 12.2. The number of benzene rings is 3. The summed E-state index contributed by atoms with van der Waals surface area (Å²) in [6.07, 6.45) is 0. The molecule has 0 unspecified atom stereocenters. The van der Waals surface area contributed by atoms with Crippen molar-refractivity contribution in [2.24, 2.45) is 0 Å². The van der Waals surface area contributed by atoms with Crippen LogP contribution in [0.2, 0.25) is 0 Å². The van der Waals surface area contributed by atoms with Crippen molar-refractivity contribution in [3.8, 4) is 5.69 Å². The first-order valence-corrected chi connectivity index (χ1v) is 7.29. The summed E-state index contributed by atoms with van der Waals surface area (Å²) >= 11 is 3.60. The molecule has 100 valence electrons. The average Bonchev–Trinajstić information content (AvgIpc) is 2.81. The number of rotatable bonds is 1. The van der Waals surface area contributed by atoms with Crippen LogP contribution in [0, 0.1) is 0 Å². The second-order valence-electron chi connectivity index (χ2n) is 4.81. The third kappa shape index (κ3) is 1.75. The molecule has 0 saturated carbocycles. The van der Waals surface area contributed by atoms with Crippen molar-refractivity contribution in [1.82, 2.24) is 4.57 Å². The van der Waals surface area contributed by atoms with E-state index < -0.39 is 0 Å². The van der Waals surface area contributed by atoms with Crippen molar-refractivity contribution in [2.45, 2.75) is 0 Å². The molecule has 0 radical (unpaired) electrons. The van der Waals surface area contributed by atoms with Gasteiger partial charge in [-0.05, 0) is 0 Å². The van der Waals surface area contributed by atoms with Crippen LogP contribution in [-0.2, 0) is 21.1 Å². The van der Waals surface area contributed by atoms with Gasteiger partial charge in [-0.1, -0.05) is 0 Å². The summed E-state index contributed by atoms with van der Waals surface area (Å²) < 4.78 is 3.41. The Morgan fingerprint density at radius 1 is 0.650 bits per heavy atom. The Morgan fingerprint density at radius 3 is 2.20 bits per heavy atom. The van der Waals surface area contributed by atoms with E-state index >= 15 is 0 Å². The van der Waals surface area contributed by atoms with Gasteiger partial charge in [-0.3, -0.25) is 0 Å². The van der Waals surface area contributed by atoms with Crippen LogP contribution in [0.3, 0.4) is 0 Å². The van der Waals surface area contributed by atoms with E-state index in [2.05, 4.69) is 92.4 Å². The van der Waals surface area contributed by atoms with Gasteiger partial charge in [0.15, 0.2) is 0 Å². The number of nitrogens with zero attached hydrogens (tertiary/aromatic N) is 1. The Kier molecular flexibility index (Phi) is 2.78. The van der Waals surface area contributed by atoms with Crippen molar-refractivity contribution in [2.75, 3.05) is 0 Å². The van der Waals surface area contributed by atoms with Crippen LogP contribution in [-0.4, -0.2) is 4.57 Å². The quantitative estimate of drug-likeness (QED) is 0.458. The van der Waals surface area contributed by atoms with E-state index in [1.165, 1.54) is 27.5 Å². The molecule has 0 aliphatic rings. The second-order valence-corrected chi connectivity index (χ2v) is 5.66. The zero-order chi connectivity index (χ0) is 13.5. The summed E-state index contributed by atoms with van der Waals surface area (Å²) in [5, 5.41) is 2.57. The van der Waals surface area contributed by atoms with Gasteiger partial charge < -0.3 is 0 Å². The van der Waals surface area contributed by atoms with E-state index in [1.54, 1.807) is 0 Å². The fourth-order valence-corrected chi connectivity index (χ4v) is 3.11. The van der Waals surface area contributed by atoms with Crippen molar-refractivity contribution >= 4 is 25.6 Å². The molecular formula is C18H12AgN. The van der Waals surface area contributed by atoms with Crippen LogP contribution in [0.15, 0.2) is 72.8 Å².